The molecule has 0 radical (unpaired) electrons. The zero-order valence-corrected chi connectivity index (χ0v) is 14.6. The molecule has 0 atom stereocenters. The predicted molar refractivity (Wildman–Crippen MR) is 98.7 cm³/mol. The summed E-state index contributed by atoms with van der Waals surface area (Å²) in [6.45, 7) is 5.77. The second kappa shape index (κ2) is 7.79. The summed E-state index contributed by atoms with van der Waals surface area (Å²) >= 11 is 5.12. The summed E-state index contributed by atoms with van der Waals surface area (Å²) in [5, 5.41) is 15.3. The average molecular weight is 344 g/mol. The van der Waals surface area contributed by atoms with Crippen molar-refractivity contribution in [3.05, 3.63) is 53.6 Å². The largest absolute Gasteiger partial charge is 0.506 e. The van der Waals surface area contributed by atoms with Gasteiger partial charge in [0.05, 0.1) is 11.8 Å². The third-order valence-corrected chi connectivity index (χ3v) is 3.32. The van der Waals surface area contributed by atoms with Crippen LogP contribution in [0.3, 0.4) is 0 Å². The fraction of sp³-hybridized carbons (Fsp3) is 0.222. The summed E-state index contributed by atoms with van der Waals surface area (Å²) in [7, 11) is 0. The summed E-state index contributed by atoms with van der Waals surface area (Å²) in [6, 6.07) is 11.9. The molecule has 6 heteroatoms. The number of ether oxygens (including phenoxy) is 1. The lowest BCUT2D eigenvalue weighted by Crippen LogP contribution is -2.34. The number of anilines is 1. The maximum absolute atomic E-state index is 12.2. The molecule has 2 rings (SSSR count). The molecule has 0 saturated heterocycles. The van der Waals surface area contributed by atoms with Gasteiger partial charge in [-0.05, 0) is 75.0 Å². The van der Waals surface area contributed by atoms with Gasteiger partial charge in [0.15, 0.2) is 5.11 Å². The number of benzene rings is 2. The topological polar surface area (TPSA) is 70.6 Å². The first-order valence-corrected chi connectivity index (χ1v) is 7.94. The van der Waals surface area contributed by atoms with Crippen molar-refractivity contribution >= 4 is 28.9 Å². The van der Waals surface area contributed by atoms with Crippen LogP contribution in [-0.4, -0.2) is 22.2 Å². The number of phenols is 1. The Morgan fingerprint density at radius 2 is 1.83 bits per heavy atom. The number of rotatable bonds is 4. The van der Waals surface area contributed by atoms with Crippen LogP contribution >= 0.6 is 12.2 Å². The number of nitrogens with one attached hydrogen (secondary N) is 2. The molecule has 5 nitrogen and oxygen atoms in total. The van der Waals surface area contributed by atoms with Gasteiger partial charge in [-0.15, -0.1) is 0 Å². The summed E-state index contributed by atoms with van der Waals surface area (Å²) in [6.07, 6.45) is 0.0726. The number of hydrogen-bond donors (Lipinski definition) is 3. The van der Waals surface area contributed by atoms with E-state index in [9.17, 15) is 9.90 Å². The van der Waals surface area contributed by atoms with E-state index in [-0.39, 0.29) is 22.9 Å². The molecule has 0 saturated carbocycles. The first-order chi connectivity index (χ1) is 11.3. The molecule has 126 valence electrons. The molecule has 2 aromatic rings. The standard InChI is InChI=1S/C18H20N2O3S/c1-11(2)23-14-7-5-13(6-8-14)17(22)20-18(24)19-15-10-12(3)4-9-16(15)21/h4-11,21H,1-3H3,(H2,19,20,22,24). The number of carbonyl (C=O) groups is 1. The van der Waals surface area contributed by atoms with E-state index in [4.69, 9.17) is 17.0 Å². The van der Waals surface area contributed by atoms with Crippen molar-refractivity contribution in [2.24, 2.45) is 0 Å². The highest BCUT2D eigenvalue weighted by Crippen LogP contribution is 2.23. The van der Waals surface area contributed by atoms with Crippen LogP contribution in [0.15, 0.2) is 42.5 Å². The molecule has 1 amide bonds. The van der Waals surface area contributed by atoms with E-state index in [2.05, 4.69) is 10.6 Å². The molecule has 0 fully saturated rings. The maximum atomic E-state index is 12.2. The molecule has 3 N–H and O–H groups in total. The van der Waals surface area contributed by atoms with Gasteiger partial charge in [0.25, 0.3) is 5.91 Å². The molecule has 0 aromatic heterocycles. The molecule has 2 aromatic carbocycles. The van der Waals surface area contributed by atoms with E-state index in [1.807, 2.05) is 20.8 Å². The molecule has 0 spiro atoms. The van der Waals surface area contributed by atoms with E-state index >= 15 is 0 Å². The second-order valence-corrected chi connectivity index (χ2v) is 6.03. The monoisotopic (exact) mass is 344 g/mol. The Hall–Kier alpha value is -2.60. The highest BCUT2D eigenvalue weighted by Gasteiger charge is 2.10. The lowest BCUT2D eigenvalue weighted by atomic mass is 10.2. The van der Waals surface area contributed by atoms with E-state index < -0.39 is 0 Å². The number of thiocarbonyl (C=S) groups is 1. The highest BCUT2D eigenvalue weighted by molar-refractivity contribution is 7.80. The first kappa shape index (κ1) is 17.7. The predicted octanol–water partition coefficient (Wildman–Crippen LogP) is 3.61. The molecule has 0 unspecified atom stereocenters. The Morgan fingerprint density at radius 1 is 1.17 bits per heavy atom. The van der Waals surface area contributed by atoms with Crippen molar-refractivity contribution in [2.45, 2.75) is 26.9 Å². The number of aromatic hydroxyl groups is 1. The van der Waals surface area contributed by atoms with Gasteiger partial charge in [0.2, 0.25) is 0 Å². The van der Waals surface area contributed by atoms with Crippen LogP contribution in [0.1, 0.15) is 29.8 Å². The minimum absolute atomic E-state index is 0.0624. The van der Waals surface area contributed by atoms with Gasteiger partial charge in [-0.1, -0.05) is 6.07 Å². The number of phenolic OH excluding ortho intramolecular Hbond substituents is 1. The lowest BCUT2D eigenvalue weighted by Gasteiger charge is -2.12. The fourth-order valence-electron chi connectivity index (χ4n) is 2.04. The van der Waals surface area contributed by atoms with E-state index in [1.165, 1.54) is 0 Å². The molecule has 24 heavy (non-hydrogen) atoms. The van der Waals surface area contributed by atoms with Gasteiger partial charge in [-0.25, -0.2) is 0 Å². The van der Waals surface area contributed by atoms with Crippen LogP contribution < -0.4 is 15.4 Å². The third kappa shape index (κ3) is 4.96. The van der Waals surface area contributed by atoms with Crippen molar-refractivity contribution in [1.82, 2.24) is 5.32 Å². The van der Waals surface area contributed by atoms with Gasteiger partial charge in [-0.3, -0.25) is 10.1 Å². The Kier molecular flexibility index (Phi) is 5.76. The molecule has 0 aliphatic carbocycles. The van der Waals surface area contributed by atoms with Crippen LogP contribution in [-0.2, 0) is 0 Å². The van der Waals surface area contributed by atoms with Crippen LogP contribution in [0.4, 0.5) is 5.69 Å². The van der Waals surface area contributed by atoms with Gasteiger partial charge >= 0.3 is 0 Å². The second-order valence-electron chi connectivity index (χ2n) is 5.62. The van der Waals surface area contributed by atoms with E-state index in [0.29, 0.717) is 17.0 Å². The highest BCUT2D eigenvalue weighted by atomic mass is 32.1. The van der Waals surface area contributed by atoms with Gasteiger partial charge < -0.3 is 15.2 Å². The summed E-state index contributed by atoms with van der Waals surface area (Å²) in [4.78, 5) is 12.2. The number of aryl methyl sites for hydroxylation is 1. The van der Waals surface area contributed by atoms with Crippen LogP contribution in [0.5, 0.6) is 11.5 Å². The van der Waals surface area contributed by atoms with Crippen LogP contribution in [0, 0.1) is 6.92 Å². The Morgan fingerprint density at radius 3 is 2.46 bits per heavy atom. The summed E-state index contributed by atoms with van der Waals surface area (Å²) in [5.74, 6) is 0.426. The summed E-state index contributed by atoms with van der Waals surface area (Å²) in [5.41, 5.74) is 1.87. The number of amides is 1. The summed E-state index contributed by atoms with van der Waals surface area (Å²) < 4.78 is 5.54. The average Bonchev–Trinajstić information content (AvgIpc) is 2.51. The van der Waals surface area contributed by atoms with Gasteiger partial charge in [0.1, 0.15) is 11.5 Å². The van der Waals surface area contributed by atoms with Crippen molar-refractivity contribution < 1.29 is 14.6 Å². The van der Waals surface area contributed by atoms with Crippen molar-refractivity contribution in [3.8, 4) is 11.5 Å². The van der Waals surface area contributed by atoms with Crippen molar-refractivity contribution in [1.29, 1.82) is 0 Å². The first-order valence-electron chi connectivity index (χ1n) is 7.54. The number of carbonyl (C=O) groups excluding carboxylic acids is 1. The minimum atomic E-state index is -0.337. The molecule has 0 aliphatic heterocycles. The SMILES string of the molecule is Cc1ccc(O)c(NC(=S)NC(=O)c2ccc(OC(C)C)cc2)c1. The van der Waals surface area contributed by atoms with Crippen molar-refractivity contribution in [3.63, 3.8) is 0 Å². The zero-order valence-electron chi connectivity index (χ0n) is 13.8. The fourth-order valence-corrected chi connectivity index (χ4v) is 2.24. The van der Waals surface area contributed by atoms with Gasteiger partial charge in [0, 0.05) is 5.56 Å². The molecular weight excluding hydrogens is 324 g/mol. The molecule has 0 aliphatic rings. The molecule has 0 heterocycles. The number of hydrogen-bond acceptors (Lipinski definition) is 4. The third-order valence-electron chi connectivity index (χ3n) is 3.12. The van der Waals surface area contributed by atoms with E-state index in [1.54, 1.807) is 42.5 Å². The zero-order chi connectivity index (χ0) is 17.7. The maximum Gasteiger partial charge on any atom is 0.257 e. The van der Waals surface area contributed by atoms with E-state index in [0.717, 1.165) is 5.56 Å². The van der Waals surface area contributed by atoms with Crippen LogP contribution in [0.25, 0.3) is 0 Å². The van der Waals surface area contributed by atoms with Gasteiger partial charge in [-0.2, -0.15) is 0 Å². The van der Waals surface area contributed by atoms with Crippen molar-refractivity contribution in [2.75, 3.05) is 5.32 Å². The Balaban J connectivity index is 1.98. The molecular formula is C18H20N2O3S. The Bertz CT molecular complexity index is 742. The van der Waals surface area contributed by atoms with Crippen LogP contribution in [0.2, 0.25) is 0 Å². The molecule has 0 bridgehead atoms. The smallest absolute Gasteiger partial charge is 0.257 e. The quantitative estimate of drug-likeness (QED) is 0.584. The normalized spacial score (nSPS) is 10.3. The Labute approximate surface area is 146 Å². The lowest BCUT2D eigenvalue weighted by molar-refractivity contribution is 0.0977. The minimum Gasteiger partial charge on any atom is -0.506 e.